The summed E-state index contributed by atoms with van der Waals surface area (Å²) in [5, 5.41) is 4.86. The summed E-state index contributed by atoms with van der Waals surface area (Å²) in [6.45, 7) is 2.32. The van der Waals surface area contributed by atoms with Crippen LogP contribution >= 0.6 is 0 Å². The van der Waals surface area contributed by atoms with E-state index in [1.54, 1.807) is 6.07 Å². The van der Waals surface area contributed by atoms with Crippen LogP contribution < -0.4 is 19.1 Å². The number of fused-ring (bicyclic) bond motifs is 3. The molecule has 1 amide bonds. The maximum atomic E-state index is 13.8. The minimum Gasteiger partial charge on any atom is -0.493 e. The molecular formula is C30H28FN3O5S. The van der Waals surface area contributed by atoms with Crippen molar-refractivity contribution in [3.05, 3.63) is 90.7 Å². The molecule has 0 atom stereocenters. The smallest absolute Gasteiger partial charge is 0.264 e. The molecule has 40 heavy (non-hydrogen) atoms. The highest BCUT2D eigenvalue weighted by atomic mass is 32.2. The molecule has 8 nitrogen and oxygen atoms in total. The lowest BCUT2D eigenvalue weighted by molar-refractivity contribution is -0.114. The largest absolute Gasteiger partial charge is 0.493 e. The van der Waals surface area contributed by atoms with E-state index in [4.69, 9.17) is 9.47 Å². The summed E-state index contributed by atoms with van der Waals surface area (Å²) >= 11 is 0. The first-order chi connectivity index (χ1) is 19.3. The molecule has 1 N–H and O–H groups in total. The van der Waals surface area contributed by atoms with Crippen LogP contribution in [0.1, 0.15) is 6.92 Å². The van der Waals surface area contributed by atoms with Gasteiger partial charge in [0.15, 0.2) is 11.5 Å². The number of benzene rings is 4. The Labute approximate surface area is 231 Å². The number of amides is 1. The molecule has 1 aromatic heterocycles. The number of aromatic nitrogens is 1. The summed E-state index contributed by atoms with van der Waals surface area (Å²) in [6.07, 6.45) is 0. The fourth-order valence-electron chi connectivity index (χ4n) is 4.83. The molecule has 0 unspecified atom stereocenters. The Balaban J connectivity index is 1.49. The highest BCUT2D eigenvalue weighted by Crippen LogP contribution is 2.33. The number of anilines is 2. The predicted octanol–water partition coefficient (Wildman–Crippen LogP) is 5.80. The fourth-order valence-corrected chi connectivity index (χ4v) is 6.27. The van der Waals surface area contributed by atoms with Crippen LogP contribution in [0, 0.1) is 5.82 Å². The van der Waals surface area contributed by atoms with Gasteiger partial charge in [0.2, 0.25) is 5.91 Å². The summed E-state index contributed by atoms with van der Waals surface area (Å²) in [5.74, 6) is -0.526. The molecule has 0 radical (unpaired) electrons. The highest BCUT2D eigenvalue weighted by molar-refractivity contribution is 7.92. The third-order valence-electron chi connectivity index (χ3n) is 6.72. The number of rotatable bonds is 9. The molecule has 0 aliphatic carbocycles. The number of nitrogens with one attached hydrogen (secondary N) is 1. The number of carbonyl (C=O) groups is 1. The van der Waals surface area contributed by atoms with Gasteiger partial charge in [-0.2, -0.15) is 0 Å². The first-order valence-corrected chi connectivity index (χ1v) is 14.0. The van der Waals surface area contributed by atoms with Gasteiger partial charge < -0.3 is 19.4 Å². The van der Waals surface area contributed by atoms with Crippen molar-refractivity contribution < 1.29 is 27.1 Å². The topological polar surface area (TPSA) is 89.9 Å². The first kappa shape index (κ1) is 27.0. The average molecular weight is 562 g/mol. The maximum absolute atomic E-state index is 13.8. The Morgan fingerprint density at radius 1 is 0.875 bits per heavy atom. The van der Waals surface area contributed by atoms with Crippen molar-refractivity contribution in [1.82, 2.24) is 4.57 Å². The van der Waals surface area contributed by atoms with Gasteiger partial charge in [-0.05, 0) is 67.6 Å². The van der Waals surface area contributed by atoms with Crippen LogP contribution in [-0.4, -0.2) is 39.7 Å². The molecular weight excluding hydrogens is 533 g/mol. The van der Waals surface area contributed by atoms with E-state index in [-0.39, 0.29) is 16.3 Å². The second-order valence-electron chi connectivity index (χ2n) is 9.05. The van der Waals surface area contributed by atoms with Gasteiger partial charge in [-0.25, -0.2) is 12.8 Å². The fraction of sp³-hybridized carbons (Fsp3) is 0.167. The van der Waals surface area contributed by atoms with Crippen molar-refractivity contribution in [2.24, 2.45) is 0 Å². The van der Waals surface area contributed by atoms with E-state index in [1.807, 2.05) is 30.3 Å². The standard InChI is InChI=1S/C30H28FN3O5S/c1-4-33-26-8-6-5-7-24(26)25-17-21(11-15-27(25)33)32-30(35)19-34(22-12-9-20(31)10-13-22)40(36,37)23-14-16-28(38-2)29(18-23)39-3/h5-18H,4,19H2,1-3H3,(H,32,35). The van der Waals surface area contributed by atoms with Crippen molar-refractivity contribution in [3.8, 4) is 11.5 Å². The molecule has 0 fully saturated rings. The van der Waals surface area contributed by atoms with E-state index in [2.05, 4.69) is 22.9 Å². The number of halogens is 1. The molecule has 0 bridgehead atoms. The Bertz CT molecular complexity index is 1820. The molecule has 4 aromatic carbocycles. The van der Waals surface area contributed by atoms with Crippen LogP contribution in [0.4, 0.5) is 15.8 Å². The van der Waals surface area contributed by atoms with E-state index in [1.165, 1.54) is 44.6 Å². The van der Waals surface area contributed by atoms with Crippen molar-refractivity contribution in [2.45, 2.75) is 18.4 Å². The summed E-state index contributed by atoms with van der Waals surface area (Å²) < 4.78 is 54.9. The number of methoxy groups -OCH3 is 2. The predicted molar refractivity (Wildman–Crippen MR) is 154 cm³/mol. The molecule has 0 saturated carbocycles. The molecule has 0 aliphatic rings. The summed E-state index contributed by atoms with van der Waals surface area (Å²) in [4.78, 5) is 13.2. The third-order valence-corrected chi connectivity index (χ3v) is 8.49. The van der Waals surface area contributed by atoms with Crippen LogP contribution in [0.3, 0.4) is 0 Å². The van der Waals surface area contributed by atoms with Gasteiger partial charge in [-0.3, -0.25) is 9.10 Å². The van der Waals surface area contributed by atoms with Crippen molar-refractivity contribution >= 4 is 49.1 Å². The number of sulfonamides is 1. The Morgan fingerprint density at radius 3 is 2.27 bits per heavy atom. The second-order valence-corrected chi connectivity index (χ2v) is 10.9. The minimum atomic E-state index is -4.26. The van der Waals surface area contributed by atoms with Gasteiger partial charge in [-0.15, -0.1) is 0 Å². The van der Waals surface area contributed by atoms with E-state index in [9.17, 15) is 17.6 Å². The van der Waals surface area contributed by atoms with Crippen LogP contribution in [-0.2, 0) is 21.4 Å². The lowest BCUT2D eigenvalue weighted by Gasteiger charge is -2.24. The Kier molecular flexibility index (Phi) is 7.36. The summed E-state index contributed by atoms with van der Waals surface area (Å²) in [6, 6.07) is 22.7. The number of hydrogen-bond acceptors (Lipinski definition) is 5. The molecule has 5 aromatic rings. The van der Waals surface area contributed by atoms with Gasteiger partial charge in [0, 0.05) is 40.1 Å². The van der Waals surface area contributed by atoms with Gasteiger partial charge >= 0.3 is 0 Å². The number of carbonyl (C=O) groups excluding carboxylic acids is 1. The van der Waals surface area contributed by atoms with Crippen LogP contribution in [0.25, 0.3) is 21.8 Å². The molecule has 1 heterocycles. The average Bonchev–Trinajstić information content (AvgIpc) is 3.29. The lowest BCUT2D eigenvalue weighted by atomic mass is 10.1. The van der Waals surface area contributed by atoms with Crippen LogP contribution in [0.5, 0.6) is 11.5 Å². The number of ether oxygens (including phenoxy) is 2. The molecule has 206 valence electrons. The molecule has 0 aliphatic heterocycles. The van der Waals surface area contributed by atoms with Gasteiger partial charge in [0.05, 0.1) is 24.8 Å². The Morgan fingerprint density at radius 2 is 1.57 bits per heavy atom. The zero-order valence-corrected chi connectivity index (χ0v) is 23.0. The molecule has 0 saturated heterocycles. The SMILES string of the molecule is CCn1c2ccccc2c2cc(NC(=O)CN(c3ccc(F)cc3)S(=O)(=O)c3ccc(OC)c(OC)c3)ccc21. The van der Waals surface area contributed by atoms with Gasteiger partial charge in [0.1, 0.15) is 12.4 Å². The van der Waals surface area contributed by atoms with E-state index < -0.39 is 28.3 Å². The zero-order valence-electron chi connectivity index (χ0n) is 22.2. The van der Waals surface area contributed by atoms with Crippen LogP contribution in [0.15, 0.2) is 89.8 Å². The number of aryl methyl sites for hydroxylation is 1. The van der Waals surface area contributed by atoms with Gasteiger partial charge in [0.25, 0.3) is 10.0 Å². The summed E-state index contributed by atoms with van der Waals surface area (Å²) in [5.41, 5.74) is 2.78. The quantitative estimate of drug-likeness (QED) is 0.246. The van der Waals surface area contributed by atoms with Gasteiger partial charge in [-0.1, -0.05) is 18.2 Å². The Hall–Kier alpha value is -4.57. The normalized spacial score (nSPS) is 11.5. The number of hydrogen-bond donors (Lipinski definition) is 1. The molecule has 5 rings (SSSR count). The lowest BCUT2D eigenvalue weighted by Crippen LogP contribution is -2.38. The first-order valence-electron chi connectivity index (χ1n) is 12.6. The third kappa shape index (κ3) is 4.93. The highest BCUT2D eigenvalue weighted by Gasteiger charge is 2.28. The van der Waals surface area contributed by atoms with Crippen molar-refractivity contribution in [2.75, 3.05) is 30.4 Å². The van der Waals surface area contributed by atoms with E-state index in [0.717, 1.165) is 44.8 Å². The van der Waals surface area contributed by atoms with Crippen molar-refractivity contribution in [1.29, 1.82) is 0 Å². The summed E-state index contributed by atoms with van der Waals surface area (Å²) in [7, 11) is -1.42. The maximum Gasteiger partial charge on any atom is 0.264 e. The number of para-hydroxylation sites is 1. The second kappa shape index (κ2) is 10.9. The van der Waals surface area contributed by atoms with E-state index >= 15 is 0 Å². The minimum absolute atomic E-state index is 0.115. The molecule has 10 heteroatoms. The zero-order chi connectivity index (χ0) is 28.4. The van der Waals surface area contributed by atoms with Crippen LogP contribution in [0.2, 0.25) is 0 Å². The monoisotopic (exact) mass is 561 g/mol. The van der Waals surface area contributed by atoms with Crippen molar-refractivity contribution in [3.63, 3.8) is 0 Å². The number of nitrogens with zero attached hydrogens (tertiary/aromatic N) is 2. The molecule has 0 spiro atoms. The van der Waals surface area contributed by atoms with E-state index in [0.29, 0.717) is 11.4 Å².